The molecule has 6 nitrogen and oxygen atoms in total. The Kier molecular flexibility index (Phi) is 3.94. The number of aromatic hydroxyl groups is 1. The molecular weight excluding hydrogens is 376 g/mol. The molecule has 2 N–H and O–H groups in total. The van der Waals surface area contributed by atoms with Gasteiger partial charge in [0.25, 0.3) is 0 Å². The van der Waals surface area contributed by atoms with Crippen LogP contribution in [0, 0.1) is 0 Å². The van der Waals surface area contributed by atoms with E-state index in [1.165, 1.54) is 6.33 Å². The van der Waals surface area contributed by atoms with Crippen LogP contribution in [0.3, 0.4) is 0 Å². The summed E-state index contributed by atoms with van der Waals surface area (Å²) in [5, 5.41) is 18.5. The Bertz CT molecular complexity index is 1120. The van der Waals surface area contributed by atoms with Gasteiger partial charge in [0, 0.05) is 28.6 Å². The number of benzene rings is 2. The topological polar surface area (TPSA) is 80.0 Å². The van der Waals surface area contributed by atoms with E-state index < -0.39 is 0 Å². The Morgan fingerprint density at radius 2 is 2.00 bits per heavy atom. The van der Waals surface area contributed by atoms with Crippen molar-refractivity contribution in [2.24, 2.45) is 0 Å². The zero-order chi connectivity index (χ0) is 19.3. The van der Waals surface area contributed by atoms with Gasteiger partial charge in [-0.2, -0.15) is 10.1 Å². The number of allylic oxidation sites excluding steroid dienone is 2. The molecule has 2 aromatic carbocycles. The lowest BCUT2D eigenvalue weighted by Crippen LogP contribution is -2.33. The van der Waals surface area contributed by atoms with Crippen LogP contribution in [0.1, 0.15) is 35.9 Å². The molecular formula is C21H17ClN4O2. The first kappa shape index (κ1) is 17.0. The number of nitrogens with one attached hydrogen (secondary N) is 1. The largest absolute Gasteiger partial charge is 0.508 e. The standard InChI is InChI=1S/C21H17ClN4O2/c22-14-5-3-4-12(8-14)20-19-16(25-21-23-11-24-26(20)21)9-13(10-18(19)28)15-6-1-2-7-17(15)27/h1-8,11,13,20,27H,9-10H2,(H,23,24,25)/t13-,20+/m1/s1. The third kappa shape index (κ3) is 2.68. The molecule has 0 amide bonds. The highest BCUT2D eigenvalue weighted by atomic mass is 35.5. The number of phenolic OH excluding ortho intramolecular Hbond substituents is 1. The van der Waals surface area contributed by atoms with Crippen molar-refractivity contribution in [3.05, 3.63) is 82.3 Å². The Labute approximate surface area is 166 Å². The molecule has 2 aliphatic rings. The molecule has 2 atom stereocenters. The van der Waals surface area contributed by atoms with Gasteiger partial charge in [-0.25, -0.2) is 4.68 Å². The van der Waals surface area contributed by atoms with Crippen molar-refractivity contribution in [3.63, 3.8) is 0 Å². The highest BCUT2D eigenvalue weighted by Gasteiger charge is 2.39. The maximum Gasteiger partial charge on any atom is 0.226 e. The quantitative estimate of drug-likeness (QED) is 0.687. The second-order valence-corrected chi connectivity index (χ2v) is 7.53. The number of nitrogens with zero attached hydrogens (tertiary/aromatic N) is 3. The highest BCUT2D eigenvalue weighted by Crippen LogP contribution is 2.45. The molecule has 5 rings (SSSR count). The van der Waals surface area contributed by atoms with Crippen molar-refractivity contribution in [1.82, 2.24) is 14.8 Å². The fraction of sp³-hybridized carbons (Fsp3) is 0.190. The van der Waals surface area contributed by atoms with E-state index in [1.807, 2.05) is 30.3 Å². The summed E-state index contributed by atoms with van der Waals surface area (Å²) in [6.07, 6.45) is 2.42. The average Bonchev–Trinajstić information content (AvgIpc) is 3.14. The summed E-state index contributed by atoms with van der Waals surface area (Å²) in [7, 11) is 0. The van der Waals surface area contributed by atoms with Crippen molar-refractivity contribution in [2.45, 2.75) is 24.8 Å². The molecule has 140 valence electrons. The lowest BCUT2D eigenvalue weighted by atomic mass is 9.77. The minimum absolute atomic E-state index is 0.0353. The molecule has 2 heterocycles. The average molecular weight is 393 g/mol. The van der Waals surface area contributed by atoms with Crippen molar-refractivity contribution < 1.29 is 9.90 Å². The zero-order valence-electron chi connectivity index (χ0n) is 14.8. The number of fused-ring (bicyclic) bond motifs is 1. The normalized spacial score (nSPS) is 21.1. The molecule has 1 aliphatic carbocycles. The van der Waals surface area contributed by atoms with Crippen LogP contribution in [-0.2, 0) is 4.79 Å². The minimum Gasteiger partial charge on any atom is -0.508 e. The van der Waals surface area contributed by atoms with Crippen LogP contribution in [0.2, 0.25) is 5.02 Å². The molecule has 0 spiro atoms. The van der Waals surface area contributed by atoms with E-state index in [2.05, 4.69) is 15.4 Å². The summed E-state index contributed by atoms with van der Waals surface area (Å²) >= 11 is 6.21. The number of aromatic nitrogens is 3. The van der Waals surface area contributed by atoms with E-state index >= 15 is 0 Å². The third-order valence-corrected chi connectivity index (χ3v) is 5.64. The van der Waals surface area contributed by atoms with Crippen LogP contribution in [0.15, 0.2) is 66.1 Å². The smallest absolute Gasteiger partial charge is 0.226 e. The molecule has 7 heteroatoms. The monoisotopic (exact) mass is 392 g/mol. The molecule has 3 aromatic rings. The first-order valence-corrected chi connectivity index (χ1v) is 9.45. The number of hydrogen-bond acceptors (Lipinski definition) is 5. The SMILES string of the molecule is O=C1C[C@H](c2ccccc2O)CC2=C1[C@H](c1cccc(Cl)c1)n1ncnc1N2. The molecule has 0 fully saturated rings. The number of halogens is 1. The van der Waals surface area contributed by atoms with Gasteiger partial charge < -0.3 is 10.4 Å². The van der Waals surface area contributed by atoms with Crippen molar-refractivity contribution in [1.29, 1.82) is 0 Å². The van der Waals surface area contributed by atoms with E-state index in [-0.39, 0.29) is 23.5 Å². The number of Topliss-reactive ketones (excluding diaryl/α,β-unsaturated/α-hetero) is 1. The van der Waals surface area contributed by atoms with Gasteiger partial charge in [0.15, 0.2) is 5.78 Å². The van der Waals surface area contributed by atoms with Crippen LogP contribution in [0.5, 0.6) is 5.75 Å². The fourth-order valence-electron chi connectivity index (χ4n) is 4.19. The number of anilines is 1. The predicted molar refractivity (Wildman–Crippen MR) is 105 cm³/mol. The van der Waals surface area contributed by atoms with Crippen molar-refractivity contribution >= 4 is 23.3 Å². The molecule has 1 aliphatic heterocycles. The van der Waals surface area contributed by atoms with Gasteiger partial charge in [-0.05, 0) is 35.7 Å². The van der Waals surface area contributed by atoms with Gasteiger partial charge in [-0.3, -0.25) is 4.79 Å². The number of hydrogen-bond donors (Lipinski definition) is 2. The van der Waals surface area contributed by atoms with E-state index in [0.717, 1.165) is 16.8 Å². The number of phenols is 1. The van der Waals surface area contributed by atoms with Crippen LogP contribution < -0.4 is 5.32 Å². The molecule has 0 radical (unpaired) electrons. The molecule has 0 saturated carbocycles. The number of carbonyl (C=O) groups is 1. The molecule has 28 heavy (non-hydrogen) atoms. The van der Waals surface area contributed by atoms with E-state index in [4.69, 9.17) is 11.6 Å². The van der Waals surface area contributed by atoms with Gasteiger partial charge >= 0.3 is 0 Å². The van der Waals surface area contributed by atoms with Gasteiger partial charge in [0.1, 0.15) is 18.1 Å². The zero-order valence-corrected chi connectivity index (χ0v) is 15.6. The molecule has 0 saturated heterocycles. The Hall–Kier alpha value is -3.12. The second-order valence-electron chi connectivity index (χ2n) is 7.09. The Morgan fingerprint density at radius 3 is 2.82 bits per heavy atom. The number of para-hydroxylation sites is 1. The summed E-state index contributed by atoms with van der Waals surface area (Å²) < 4.78 is 1.72. The van der Waals surface area contributed by atoms with E-state index in [1.54, 1.807) is 22.9 Å². The third-order valence-electron chi connectivity index (χ3n) is 5.40. The Balaban J connectivity index is 1.62. The maximum absolute atomic E-state index is 13.2. The fourth-order valence-corrected chi connectivity index (χ4v) is 4.39. The summed E-state index contributed by atoms with van der Waals surface area (Å²) in [6.45, 7) is 0. The second kappa shape index (κ2) is 6.49. The lowest BCUT2D eigenvalue weighted by Gasteiger charge is -2.35. The molecule has 0 unspecified atom stereocenters. The van der Waals surface area contributed by atoms with Gasteiger partial charge in [0.05, 0.1) is 0 Å². The molecule has 1 aromatic heterocycles. The summed E-state index contributed by atoms with van der Waals surface area (Å²) in [5.41, 5.74) is 3.19. The minimum atomic E-state index is -0.370. The highest BCUT2D eigenvalue weighted by molar-refractivity contribution is 6.30. The van der Waals surface area contributed by atoms with Crippen molar-refractivity contribution in [3.8, 4) is 5.75 Å². The number of carbonyl (C=O) groups excluding carboxylic acids is 1. The first-order valence-electron chi connectivity index (χ1n) is 9.08. The van der Waals surface area contributed by atoms with Gasteiger partial charge in [-0.15, -0.1) is 0 Å². The molecule has 0 bridgehead atoms. The number of ketones is 1. The van der Waals surface area contributed by atoms with Crippen molar-refractivity contribution in [2.75, 3.05) is 5.32 Å². The van der Waals surface area contributed by atoms with Crippen LogP contribution in [0.25, 0.3) is 0 Å². The van der Waals surface area contributed by atoms with Gasteiger partial charge in [0.2, 0.25) is 5.95 Å². The van der Waals surface area contributed by atoms with E-state index in [0.29, 0.717) is 29.4 Å². The summed E-state index contributed by atoms with van der Waals surface area (Å²) in [4.78, 5) is 17.5. The summed E-state index contributed by atoms with van der Waals surface area (Å²) in [5.74, 6) is 0.756. The van der Waals surface area contributed by atoms with E-state index in [9.17, 15) is 9.90 Å². The van der Waals surface area contributed by atoms with Crippen LogP contribution in [0.4, 0.5) is 5.95 Å². The first-order chi connectivity index (χ1) is 13.6. The summed E-state index contributed by atoms with van der Waals surface area (Å²) in [6, 6.07) is 14.3. The van der Waals surface area contributed by atoms with Gasteiger partial charge in [-0.1, -0.05) is 41.9 Å². The Morgan fingerprint density at radius 1 is 1.14 bits per heavy atom. The van der Waals surface area contributed by atoms with Crippen LogP contribution >= 0.6 is 11.6 Å². The maximum atomic E-state index is 13.2. The number of rotatable bonds is 2. The lowest BCUT2D eigenvalue weighted by molar-refractivity contribution is -0.116. The predicted octanol–water partition coefficient (Wildman–Crippen LogP) is 4.05. The van der Waals surface area contributed by atoms with Crippen LogP contribution in [-0.4, -0.2) is 25.7 Å².